The van der Waals surface area contributed by atoms with Crippen LogP contribution in [0.5, 0.6) is 11.5 Å². The fraction of sp³-hybridized carbons (Fsp3) is 0.417. The Labute approximate surface area is 94.4 Å². The first-order chi connectivity index (χ1) is 7.67. The lowest BCUT2D eigenvalue weighted by atomic mass is 9.93. The van der Waals surface area contributed by atoms with Crippen LogP contribution in [0.25, 0.3) is 0 Å². The molecule has 1 N–H and O–H groups in total. The van der Waals surface area contributed by atoms with Crippen LogP contribution in [0.1, 0.15) is 24.1 Å². The molecule has 1 aliphatic heterocycles. The summed E-state index contributed by atoms with van der Waals surface area (Å²) in [6, 6.07) is 3.58. The average molecular weight is 221 g/mol. The summed E-state index contributed by atoms with van der Waals surface area (Å²) in [6.07, 6.45) is 1.64. The molecule has 86 valence electrons. The number of carbonyl (C=O) groups excluding carboxylic acids is 1. The van der Waals surface area contributed by atoms with E-state index in [4.69, 9.17) is 4.74 Å². The highest BCUT2D eigenvalue weighted by molar-refractivity contribution is 5.54. The Balaban J connectivity index is 2.46. The van der Waals surface area contributed by atoms with Crippen LogP contribution in [0.3, 0.4) is 0 Å². The van der Waals surface area contributed by atoms with E-state index < -0.39 is 0 Å². The number of rotatable bonds is 2. The van der Waals surface area contributed by atoms with E-state index in [2.05, 4.69) is 0 Å². The molecule has 4 heteroatoms. The molecule has 0 fully saturated rings. The van der Waals surface area contributed by atoms with Gasteiger partial charge in [-0.15, -0.1) is 0 Å². The van der Waals surface area contributed by atoms with Crippen LogP contribution in [0, 0.1) is 0 Å². The Hall–Kier alpha value is -1.71. The minimum absolute atomic E-state index is 0.0377. The zero-order valence-corrected chi connectivity index (χ0v) is 9.43. The third-order valence-electron chi connectivity index (χ3n) is 3.16. The summed E-state index contributed by atoms with van der Waals surface area (Å²) in [5, 5.41) is 9.67. The smallest absolute Gasteiger partial charge is 0.210 e. The molecule has 1 amide bonds. The van der Waals surface area contributed by atoms with E-state index in [1.807, 2.05) is 13.0 Å². The molecule has 1 aromatic carbocycles. The summed E-state index contributed by atoms with van der Waals surface area (Å²) >= 11 is 0. The third-order valence-corrected chi connectivity index (χ3v) is 3.16. The first-order valence-corrected chi connectivity index (χ1v) is 5.28. The Bertz CT molecular complexity index is 417. The van der Waals surface area contributed by atoms with Crippen molar-refractivity contribution in [2.45, 2.75) is 19.4 Å². The van der Waals surface area contributed by atoms with Gasteiger partial charge in [-0.25, -0.2) is 0 Å². The maximum absolute atomic E-state index is 10.8. The molecule has 0 saturated heterocycles. The quantitative estimate of drug-likeness (QED) is 0.769. The molecule has 0 aliphatic carbocycles. The molecule has 1 aliphatic rings. The fourth-order valence-electron chi connectivity index (χ4n) is 2.16. The lowest BCUT2D eigenvalue weighted by molar-refractivity contribution is -0.120. The standard InChI is InChI=1S/C12H15NO3/c1-8-10-6-12(16-2)11(15)5-9(10)3-4-13(8)7-14/h5-8,15H,3-4H2,1-2H3. The minimum Gasteiger partial charge on any atom is -0.504 e. The van der Waals surface area contributed by atoms with E-state index in [1.54, 1.807) is 11.0 Å². The maximum atomic E-state index is 10.8. The summed E-state index contributed by atoms with van der Waals surface area (Å²) in [7, 11) is 1.52. The largest absolute Gasteiger partial charge is 0.504 e. The summed E-state index contributed by atoms with van der Waals surface area (Å²) in [5.74, 6) is 0.617. The summed E-state index contributed by atoms with van der Waals surface area (Å²) in [6.45, 7) is 2.67. The molecule has 0 saturated carbocycles. The van der Waals surface area contributed by atoms with Crippen molar-refractivity contribution >= 4 is 6.41 Å². The molecule has 1 atom stereocenters. The lowest BCUT2D eigenvalue weighted by Crippen LogP contribution is -2.32. The molecule has 1 unspecified atom stereocenters. The SMILES string of the molecule is COc1cc2c(cc1O)CCN(C=O)C2C. The number of ether oxygens (including phenoxy) is 1. The van der Waals surface area contributed by atoms with E-state index in [-0.39, 0.29) is 11.8 Å². The lowest BCUT2D eigenvalue weighted by Gasteiger charge is -2.32. The van der Waals surface area contributed by atoms with E-state index in [9.17, 15) is 9.90 Å². The number of nitrogens with zero attached hydrogens (tertiary/aromatic N) is 1. The summed E-state index contributed by atoms with van der Waals surface area (Å²) < 4.78 is 5.07. The minimum atomic E-state index is 0.0377. The summed E-state index contributed by atoms with van der Waals surface area (Å²) in [5.41, 5.74) is 2.14. The number of benzene rings is 1. The van der Waals surface area contributed by atoms with E-state index >= 15 is 0 Å². The van der Waals surface area contributed by atoms with Crippen LogP contribution >= 0.6 is 0 Å². The third kappa shape index (κ3) is 1.60. The van der Waals surface area contributed by atoms with Gasteiger partial charge in [-0.3, -0.25) is 4.79 Å². The second kappa shape index (κ2) is 4.04. The molecule has 0 spiro atoms. The predicted molar refractivity (Wildman–Crippen MR) is 59.5 cm³/mol. The van der Waals surface area contributed by atoms with Crippen LogP contribution in [0.4, 0.5) is 0 Å². The number of hydrogen-bond acceptors (Lipinski definition) is 3. The predicted octanol–water partition coefficient (Wildman–Crippen LogP) is 1.48. The molecular weight excluding hydrogens is 206 g/mol. The highest BCUT2D eigenvalue weighted by Gasteiger charge is 2.24. The number of amides is 1. The topological polar surface area (TPSA) is 49.8 Å². The Morgan fingerprint density at radius 2 is 2.31 bits per heavy atom. The van der Waals surface area contributed by atoms with Gasteiger partial charge < -0.3 is 14.7 Å². The number of phenolic OH excluding ortho intramolecular Hbond substituents is 1. The molecule has 1 aromatic rings. The van der Waals surface area contributed by atoms with E-state index in [1.165, 1.54) is 7.11 Å². The van der Waals surface area contributed by atoms with Crippen molar-refractivity contribution in [1.82, 2.24) is 4.90 Å². The first-order valence-electron chi connectivity index (χ1n) is 5.28. The average Bonchev–Trinajstić information content (AvgIpc) is 2.29. The molecule has 16 heavy (non-hydrogen) atoms. The molecule has 1 heterocycles. The van der Waals surface area contributed by atoms with Gasteiger partial charge >= 0.3 is 0 Å². The van der Waals surface area contributed by atoms with Crippen molar-refractivity contribution in [2.75, 3.05) is 13.7 Å². The second-order valence-electron chi connectivity index (χ2n) is 3.99. The monoisotopic (exact) mass is 221 g/mol. The molecule has 2 rings (SSSR count). The van der Waals surface area contributed by atoms with Crippen LogP contribution in [0.15, 0.2) is 12.1 Å². The van der Waals surface area contributed by atoms with Gasteiger partial charge in [0, 0.05) is 6.54 Å². The number of methoxy groups -OCH3 is 1. The Kier molecular flexibility index (Phi) is 2.73. The van der Waals surface area contributed by atoms with Crippen LogP contribution in [-0.4, -0.2) is 30.1 Å². The molecule has 4 nitrogen and oxygen atoms in total. The van der Waals surface area contributed by atoms with Gasteiger partial charge in [0.2, 0.25) is 6.41 Å². The van der Waals surface area contributed by atoms with Crippen molar-refractivity contribution in [3.8, 4) is 11.5 Å². The Morgan fingerprint density at radius 1 is 1.56 bits per heavy atom. The van der Waals surface area contributed by atoms with Crippen LogP contribution in [-0.2, 0) is 11.2 Å². The van der Waals surface area contributed by atoms with Gasteiger partial charge in [0.25, 0.3) is 0 Å². The molecule has 0 bridgehead atoms. The van der Waals surface area contributed by atoms with Crippen molar-refractivity contribution in [1.29, 1.82) is 0 Å². The van der Waals surface area contributed by atoms with Gasteiger partial charge in [0.15, 0.2) is 11.5 Å². The van der Waals surface area contributed by atoms with Crippen LogP contribution < -0.4 is 4.74 Å². The summed E-state index contributed by atoms with van der Waals surface area (Å²) in [4.78, 5) is 12.6. The van der Waals surface area contributed by atoms with Crippen molar-refractivity contribution in [2.24, 2.45) is 0 Å². The van der Waals surface area contributed by atoms with Gasteiger partial charge in [-0.2, -0.15) is 0 Å². The Morgan fingerprint density at radius 3 is 2.94 bits per heavy atom. The van der Waals surface area contributed by atoms with Gasteiger partial charge in [0.05, 0.1) is 13.2 Å². The molecular formula is C12H15NO3. The fourth-order valence-corrected chi connectivity index (χ4v) is 2.16. The van der Waals surface area contributed by atoms with Gasteiger partial charge in [0.1, 0.15) is 0 Å². The van der Waals surface area contributed by atoms with Crippen molar-refractivity contribution in [3.63, 3.8) is 0 Å². The van der Waals surface area contributed by atoms with Crippen molar-refractivity contribution < 1.29 is 14.6 Å². The molecule has 0 aromatic heterocycles. The zero-order valence-electron chi connectivity index (χ0n) is 9.43. The highest BCUT2D eigenvalue weighted by atomic mass is 16.5. The molecule has 0 radical (unpaired) electrons. The van der Waals surface area contributed by atoms with E-state index in [0.717, 1.165) is 24.0 Å². The second-order valence-corrected chi connectivity index (χ2v) is 3.99. The van der Waals surface area contributed by atoms with Gasteiger partial charge in [-0.05, 0) is 36.6 Å². The zero-order chi connectivity index (χ0) is 11.7. The van der Waals surface area contributed by atoms with Crippen molar-refractivity contribution in [3.05, 3.63) is 23.3 Å². The maximum Gasteiger partial charge on any atom is 0.210 e. The van der Waals surface area contributed by atoms with Gasteiger partial charge in [-0.1, -0.05) is 0 Å². The number of fused-ring (bicyclic) bond motifs is 1. The highest BCUT2D eigenvalue weighted by Crippen LogP contribution is 2.36. The normalized spacial score (nSPS) is 19.1. The number of aromatic hydroxyl groups is 1. The number of phenols is 1. The number of carbonyl (C=O) groups is 1. The van der Waals surface area contributed by atoms with E-state index in [0.29, 0.717) is 12.3 Å². The number of hydrogen-bond donors (Lipinski definition) is 1. The first kappa shape index (κ1) is 10.8. The van der Waals surface area contributed by atoms with Crippen LogP contribution in [0.2, 0.25) is 0 Å².